The summed E-state index contributed by atoms with van der Waals surface area (Å²) < 4.78 is 28.6. The quantitative estimate of drug-likeness (QED) is 0.109. The molecule has 0 fully saturated rings. The number of unbranched alkanes of at least 4 members (excludes halogenated alkanes) is 5. The number of nitrogens with one attached hydrogen (secondary N) is 2. The highest BCUT2D eigenvalue weighted by Gasteiger charge is 2.15. The molecule has 2 aromatic carbocycles. The van der Waals surface area contributed by atoms with Crippen molar-refractivity contribution in [3.05, 3.63) is 106 Å². The number of anilines is 1. The average Bonchev–Trinajstić information content (AvgIpc) is 3.45. The summed E-state index contributed by atoms with van der Waals surface area (Å²) in [5.41, 5.74) is 4.58. The van der Waals surface area contributed by atoms with Gasteiger partial charge in [-0.2, -0.15) is 0 Å². The van der Waals surface area contributed by atoms with Crippen LogP contribution in [0.3, 0.4) is 0 Å². The Morgan fingerprint density at radius 1 is 0.905 bits per heavy atom. The molecule has 0 saturated carbocycles. The zero-order valence-corrected chi connectivity index (χ0v) is 26.0. The fourth-order valence-electron chi connectivity index (χ4n) is 4.71. The molecule has 2 heterocycles. The van der Waals surface area contributed by atoms with Gasteiger partial charge in [0.05, 0.1) is 21.7 Å². The number of aliphatic hydroxyl groups excluding tert-OH is 1. The fraction of sp³-hybridized carbons (Fsp3) is 0.394. The number of rotatable bonds is 18. The highest BCUT2D eigenvalue weighted by Crippen LogP contribution is 2.21. The van der Waals surface area contributed by atoms with Crippen LogP contribution in [0.5, 0.6) is 0 Å². The highest BCUT2D eigenvalue weighted by molar-refractivity contribution is 7.92. The van der Waals surface area contributed by atoms with E-state index in [4.69, 9.17) is 4.98 Å². The van der Waals surface area contributed by atoms with E-state index in [1.165, 1.54) is 38.5 Å². The summed E-state index contributed by atoms with van der Waals surface area (Å²) in [7, 11) is -3.70. The smallest absolute Gasteiger partial charge is 0.261 e. The summed E-state index contributed by atoms with van der Waals surface area (Å²) in [4.78, 5) is 9.05. The van der Waals surface area contributed by atoms with Crippen molar-refractivity contribution in [2.75, 3.05) is 17.8 Å². The number of benzene rings is 2. The average molecular weight is 607 g/mol. The van der Waals surface area contributed by atoms with Crippen LogP contribution in [-0.4, -0.2) is 36.6 Å². The van der Waals surface area contributed by atoms with Crippen molar-refractivity contribution in [1.82, 2.24) is 15.3 Å². The Bertz CT molecular complexity index is 1440. The van der Waals surface area contributed by atoms with E-state index in [9.17, 15) is 13.5 Å². The molecular formula is C33H42N4O3S2. The van der Waals surface area contributed by atoms with Crippen molar-refractivity contribution in [3.8, 4) is 0 Å². The lowest BCUT2D eigenvalue weighted by Gasteiger charge is -2.12. The summed E-state index contributed by atoms with van der Waals surface area (Å²) in [6.07, 6.45) is 12.9. The Labute approximate surface area is 254 Å². The number of pyridine rings is 1. The van der Waals surface area contributed by atoms with Gasteiger partial charge in [0.2, 0.25) is 0 Å². The number of aliphatic hydroxyl groups is 1. The van der Waals surface area contributed by atoms with Crippen molar-refractivity contribution in [2.24, 2.45) is 0 Å². The summed E-state index contributed by atoms with van der Waals surface area (Å²) in [5.74, 6) is 0. The molecule has 4 aromatic rings. The fourth-order valence-corrected chi connectivity index (χ4v) is 6.63. The topological polar surface area (TPSA) is 104 Å². The van der Waals surface area contributed by atoms with Crippen LogP contribution < -0.4 is 10.0 Å². The summed E-state index contributed by atoms with van der Waals surface area (Å²) in [6, 6.07) is 18.1. The third-order valence-corrected chi connectivity index (χ3v) is 9.47. The first-order chi connectivity index (χ1) is 20.4. The Hall–Kier alpha value is -3.11. The monoisotopic (exact) mass is 606 g/mol. The van der Waals surface area contributed by atoms with Gasteiger partial charge in [0, 0.05) is 42.0 Å². The van der Waals surface area contributed by atoms with E-state index in [0.29, 0.717) is 25.2 Å². The minimum absolute atomic E-state index is 0.231. The summed E-state index contributed by atoms with van der Waals surface area (Å²) in [5, 5.41) is 16.7. The van der Waals surface area contributed by atoms with Crippen molar-refractivity contribution < 1.29 is 13.5 Å². The van der Waals surface area contributed by atoms with Gasteiger partial charge in [-0.25, -0.2) is 13.4 Å². The first kappa shape index (κ1) is 31.8. The van der Waals surface area contributed by atoms with E-state index in [-0.39, 0.29) is 4.90 Å². The van der Waals surface area contributed by atoms with Crippen LogP contribution in [-0.2, 0) is 29.3 Å². The molecule has 2 aromatic heterocycles. The maximum atomic E-state index is 13.0. The molecule has 1 atom stereocenters. The molecular weight excluding hydrogens is 565 g/mol. The van der Waals surface area contributed by atoms with Gasteiger partial charge in [-0.1, -0.05) is 69.4 Å². The second kappa shape index (κ2) is 16.5. The van der Waals surface area contributed by atoms with Crippen LogP contribution in [0.15, 0.2) is 83.3 Å². The van der Waals surface area contributed by atoms with Crippen molar-refractivity contribution in [1.29, 1.82) is 0 Å². The predicted molar refractivity (Wildman–Crippen MR) is 171 cm³/mol. The normalized spacial score (nSPS) is 12.3. The molecule has 0 amide bonds. The Balaban J connectivity index is 1.20. The van der Waals surface area contributed by atoms with Crippen LogP contribution in [0.1, 0.15) is 78.9 Å². The lowest BCUT2D eigenvalue weighted by molar-refractivity contribution is 0.174. The van der Waals surface area contributed by atoms with Gasteiger partial charge < -0.3 is 10.4 Å². The predicted octanol–water partition coefficient (Wildman–Crippen LogP) is 6.70. The van der Waals surface area contributed by atoms with Gasteiger partial charge >= 0.3 is 0 Å². The van der Waals surface area contributed by atoms with Crippen LogP contribution >= 0.6 is 11.3 Å². The largest absolute Gasteiger partial charge is 0.387 e. The zero-order chi connectivity index (χ0) is 29.6. The summed E-state index contributed by atoms with van der Waals surface area (Å²) in [6.45, 7) is 3.37. The first-order valence-electron chi connectivity index (χ1n) is 14.9. The van der Waals surface area contributed by atoms with Crippen molar-refractivity contribution >= 4 is 27.0 Å². The number of aromatic nitrogens is 2. The number of sulfonamides is 1. The first-order valence-corrected chi connectivity index (χ1v) is 17.2. The standard InChI is InChI=1S/C33H42N4O3S2/c1-2-3-4-5-6-7-10-30-25-41-33(36-30)22-27-13-17-31(18-14-27)42(39,40)37-29-15-11-26(12-16-29)19-21-35-24-32(38)28-9-8-20-34-23-28/h8-9,11-18,20,23,25,32,35,37-38H,2-7,10,19,21-22,24H2,1H3/t32-/m0/s1. The highest BCUT2D eigenvalue weighted by atomic mass is 32.2. The SMILES string of the molecule is CCCCCCCCc1csc(Cc2ccc(S(=O)(=O)Nc3ccc(CCNC[C@H](O)c4cccnc4)cc3)cc2)n1. The van der Waals surface area contributed by atoms with E-state index < -0.39 is 16.1 Å². The van der Waals surface area contributed by atoms with Gasteiger partial charge in [0.25, 0.3) is 10.0 Å². The van der Waals surface area contributed by atoms with E-state index in [1.54, 1.807) is 54.1 Å². The Kier molecular flexibility index (Phi) is 12.5. The minimum Gasteiger partial charge on any atom is -0.387 e. The molecule has 0 aliphatic carbocycles. The maximum absolute atomic E-state index is 13.0. The Morgan fingerprint density at radius 2 is 1.64 bits per heavy atom. The molecule has 0 unspecified atom stereocenters. The molecule has 0 aliphatic heterocycles. The Morgan fingerprint density at radius 3 is 2.38 bits per heavy atom. The number of nitrogens with zero attached hydrogens (tertiary/aromatic N) is 2. The molecule has 0 spiro atoms. The molecule has 9 heteroatoms. The van der Waals surface area contributed by atoms with Crippen LogP contribution in [0.2, 0.25) is 0 Å². The minimum atomic E-state index is -3.70. The van der Waals surface area contributed by atoms with Crippen LogP contribution in [0, 0.1) is 0 Å². The molecule has 7 nitrogen and oxygen atoms in total. The van der Waals surface area contributed by atoms with Crippen molar-refractivity contribution in [2.45, 2.75) is 75.7 Å². The van der Waals surface area contributed by atoms with Gasteiger partial charge in [-0.15, -0.1) is 11.3 Å². The van der Waals surface area contributed by atoms with E-state index in [1.807, 2.05) is 30.3 Å². The number of hydrogen-bond donors (Lipinski definition) is 3. The lowest BCUT2D eigenvalue weighted by Crippen LogP contribution is -2.23. The molecule has 0 aliphatic rings. The van der Waals surface area contributed by atoms with Gasteiger partial charge in [0.15, 0.2) is 0 Å². The lowest BCUT2D eigenvalue weighted by atomic mass is 10.1. The third kappa shape index (κ3) is 10.3. The number of aryl methyl sites for hydroxylation is 1. The van der Waals surface area contributed by atoms with Crippen molar-refractivity contribution in [3.63, 3.8) is 0 Å². The molecule has 3 N–H and O–H groups in total. The molecule has 0 radical (unpaired) electrons. The summed E-state index contributed by atoms with van der Waals surface area (Å²) >= 11 is 1.68. The molecule has 4 rings (SSSR count). The maximum Gasteiger partial charge on any atom is 0.261 e. The van der Waals surface area contributed by atoms with E-state index in [2.05, 4.69) is 27.3 Å². The molecule has 0 saturated heterocycles. The second-order valence-electron chi connectivity index (χ2n) is 10.6. The number of hydrogen-bond acceptors (Lipinski definition) is 7. The van der Waals surface area contributed by atoms with Crippen LogP contribution in [0.4, 0.5) is 5.69 Å². The number of thiazole rings is 1. The van der Waals surface area contributed by atoms with Gasteiger partial charge in [0.1, 0.15) is 0 Å². The molecule has 42 heavy (non-hydrogen) atoms. The van der Waals surface area contributed by atoms with E-state index in [0.717, 1.165) is 40.2 Å². The van der Waals surface area contributed by atoms with Gasteiger partial charge in [-0.3, -0.25) is 9.71 Å². The van der Waals surface area contributed by atoms with Gasteiger partial charge in [-0.05, 0) is 67.3 Å². The van der Waals surface area contributed by atoms with E-state index >= 15 is 0 Å². The second-order valence-corrected chi connectivity index (χ2v) is 13.3. The van der Waals surface area contributed by atoms with Crippen LogP contribution in [0.25, 0.3) is 0 Å². The zero-order valence-electron chi connectivity index (χ0n) is 24.3. The molecule has 0 bridgehead atoms. The molecule has 224 valence electrons. The third-order valence-electron chi connectivity index (χ3n) is 7.18.